The van der Waals surface area contributed by atoms with Crippen molar-refractivity contribution in [1.82, 2.24) is 15.6 Å². The second-order valence-electron chi connectivity index (χ2n) is 5.57. The third-order valence-corrected chi connectivity index (χ3v) is 3.77. The minimum Gasteiger partial charge on any atom is -0.472 e. The zero-order valence-electron chi connectivity index (χ0n) is 12.5. The number of nitrogens with zero attached hydrogens (tertiary/aromatic N) is 1. The smallest absolute Gasteiger partial charge is 0.315 e. The fraction of sp³-hybridized carbons (Fsp3) is 0.500. The molecule has 1 fully saturated rings. The molecule has 2 amide bonds. The predicted molar refractivity (Wildman–Crippen MR) is 81.6 cm³/mol. The zero-order chi connectivity index (χ0) is 15.2. The molecule has 2 N–H and O–H groups in total. The summed E-state index contributed by atoms with van der Waals surface area (Å²) in [6, 6.07) is 3.81. The van der Waals surface area contributed by atoms with E-state index in [2.05, 4.69) is 27.8 Å². The average Bonchev–Trinajstić information content (AvgIpc) is 3.19. The van der Waals surface area contributed by atoms with Gasteiger partial charge < -0.3 is 20.1 Å². The lowest BCUT2D eigenvalue weighted by Gasteiger charge is -2.14. The molecule has 1 aliphatic carbocycles. The number of aromatic nitrogens is 1. The van der Waals surface area contributed by atoms with Crippen LogP contribution in [0.1, 0.15) is 24.8 Å². The van der Waals surface area contributed by atoms with Crippen LogP contribution in [0.25, 0.3) is 0 Å². The summed E-state index contributed by atoms with van der Waals surface area (Å²) in [5.41, 5.74) is 0.962. The Hall–Kier alpha value is -2.08. The van der Waals surface area contributed by atoms with E-state index in [9.17, 15) is 4.79 Å². The molecule has 2 aliphatic rings. The number of ether oxygens (including phenoxy) is 2. The number of rotatable bonds is 5. The van der Waals surface area contributed by atoms with E-state index >= 15 is 0 Å². The first-order valence-electron chi connectivity index (χ1n) is 7.68. The minimum atomic E-state index is -0.142. The third kappa shape index (κ3) is 4.21. The molecule has 6 heteroatoms. The minimum absolute atomic E-state index is 0.0777. The molecule has 0 saturated carbocycles. The fourth-order valence-corrected chi connectivity index (χ4v) is 2.56. The van der Waals surface area contributed by atoms with Crippen molar-refractivity contribution in [1.29, 1.82) is 0 Å². The lowest BCUT2D eigenvalue weighted by molar-refractivity contribution is 0.138. The van der Waals surface area contributed by atoms with Gasteiger partial charge in [0.25, 0.3) is 0 Å². The Labute approximate surface area is 129 Å². The number of hydrogen-bond donors (Lipinski definition) is 2. The van der Waals surface area contributed by atoms with E-state index in [0.29, 0.717) is 19.0 Å². The van der Waals surface area contributed by atoms with Crippen molar-refractivity contribution in [2.75, 3.05) is 13.2 Å². The molecular weight excluding hydrogens is 282 g/mol. The van der Waals surface area contributed by atoms with Gasteiger partial charge in [-0.1, -0.05) is 12.2 Å². The summed E-state index contributed by atoms with van der Waals surface area (Å²) < 4.78 is 11.0. The van der Waals surface area contributed by atoms with E-state index in [1.165, 1.54) is 0 Å². The first kappa shape index (κ1) is 14.8. The van der Waals surface area contributed by atoms with E-state index in [1.807, 2.05) is 12.1 Å². The Morgan fingerprint density at radius 1 is 1.41 bits per heavy atom. The zero-order valence-corrected chi connectivity index (χ0v) is 12.5. The van der Waals surface area contributed by atoms with Crippen molar-refractivity contribution in [2.24, 2.45) is 0 Å². The summed E-state index contributed by atoms with van der Waals surface area (Å²) in [6.45, 7) is 1.80. The lowest BCUT2D eigenvalue weighted by atomic mass is 10.2. The molecule has 118 valence electrons. The van der Waals surface area contributed by atoms with Crippen LogP contribution in [0.2, 0.25) is 0 Å². The summed E-state index contributed by atoms with van der Waals surface area (Å²) in [7, 11) is 0. The quantitative estimate of drug-likeness (QED) is 0.813. The summed E-state index contributed by atoms with van der Waals surface area (Å²) in [6.07, 6.45) is 8.65. The third-order valence-electron chi connectivity index (χ3n) is 3.77. The van der Waals surface area contributed by atoms with Gasteiger partial charge in [0.05, 0.1) is 13.2 Å². The predicted octanol–water partition coefficient (Wildman–Crippen LogP) is 1.77. The van der Waals surface area contributed by atoms with Crippen LogP contribution in [0.3, 0.4) is 0 Å². The van der Waals surface area contributed by atoms with E-state index in [0.717, 1.165) is 31.4 Å². The molecule has 1 aromatic heterocycles. The highest BCUT2D eigenvalue weighted by Crippen LogP contribution is 2.15. The number of pyridine rings is 1. The van der Waals surface area contributed by atoms with Gasteiger partial charge >= 0.3 is 6.03 Å². The number of hydrogen-bond acceptors (Lipinski definition) is 4. The van der Waals surface area contributed by atoms with Gasteiger partial charge in [0.15, 0.2) is 0 Å². The van der Waals surface area contributed by atoms with Crippen molar-refractivity contribution in [3.05, 3.63) is 36.0 Å². The van der Waals surface area contributed by atoms with Crippen LogP contribution >= 0.6 is 0 Å². The standard InChI is InChI=1S/C16H21N3O3/c20-16(19-13-3-1-2-4-13)18-10-12-5-7-17-15(9-12)22-14-6-8-21-11-14/h1-2,5,7,9,13-14H,3-4,6,8,10-11H2,(H2,18,19,20)/t14-/m1/s1. The van der Waals surface area contributed by atoms with Gasteiger partial charge in [-0.25, -0.2) is 9.78 Å². The van der Waals surface area contributed by atoms with Crippen molar-refractivity contribution in [3.63, 3.8) is 0 Å². The molecule has 0 bridgehead atoms. The molecule has 0 aromatic carbocycles. The molecular formula is C16H21N3O3. The highest BCUT2D eigenvalue weighted by molar-refractivity contribution is 5.74. The number of urea groups is 1. The van der Waals surface area contributed by atoms with Crippen molar-refractivity contribution < 1.29 is 14.3 Å². The summed E-state index contributed by atoms with van der Waals surface area (Å²) in [5.74, 6) is 0.579. The maximum absolute atomic E-state index is 11.8. The monoisotopic (exact) mass is 303 g/mol. The number of nitrogens with one attached hydrogen (secondary N) is 2. The molecule has 1 aliphatic heterocycles. The first-order chi connectivity index (χ1) is 10.8. The van der Waals surface area contributed by atoms with E-state index < -0.39 is 0 Å². The Morgan fingerprint density at radius 3 is 3.05 bits per heavy atom. The van der Waals surface area contributed by atoms with Crippen LogP contribution in [-0.2, 0) is 11.3 Å². The van der Waals surface area contributed by atoms with Gasteiger partial charge in [-0.2, -0.15) is 0 Å². The molecule has 6 nitrogen and oxygen atoms in total. The SMILES string of the molecule is O=C(NCc1ccnc(O[C@@H]2CCOC2)c1)NC1CC=CC1. The van der Waals surface area contributed by atoms with Crippen LogP contribution in [0.15, 0.2) is 30.5 Å². The Kier molecular flexibility index (Phi) is 4.90. The Bertz CT molecular complexity index is 533. The second kappa shape index (κ2) is 7.26. The Morgan fingerprint density at radius 2 is 2.27 bits per heavy atom. The average molecular weight is 303 g/mol. The molecule has 0 unspecified atom stereocenters. The van der Waals surface area contributed by atoms with Crippen LogP contribution < -0.4 is 15.4 Å². The van der Waals surface area contributed by atoms with Crippen LogP contribution in [0.5, 0.6) is 5.88 Å². The first-order valence-corrected chi connectivity index (χ1v) is 7.68. The van der Waals surface area contributed by atoms with Crippen molar-refractivity contribution >= 4 is 6.03 Å². The van der Waals surface area contributed by atoms with Crippen LogP contribution in [0, 0.1) is 0 Å². The van der Waals surface area contributed by atoms with Crippen molar-refractivity contribution in [3.8, 4) is 5.88 Å². The van der Waals surface area contributed by atoms with Crippen LogP contribution in [-0.4, -0.2) is 36.4 Å². The fourth-order valence-electron chi connectivity index (χ4n) is 2.56. The maximum atomic E-state index is 11.8. The van der Waals surface area contributed by atoms with Gasteiger partial charge in [-0.3, -0.25) is 0 Å². The normalized spacial score (nSPS) is 21.0. The van der Waals surface area contributed by atoms with E-state index in [4.69, 9.17) is 9.47 Å². The van der Waals surface area contributed by atoms with Gasteiger partial charge in [-0.15, -0.1) is 0 Å². The molecule has 2 heterocycles. The van der Waals surface area contributed by atoms with Gasteiger partial charge in [0.2, 0.25) is 5.88 Å². The number of amides is 2. The number of carbonyl (C=O) groups excluding carboxylic acids is 1. The molecule has 1 saturated heterocycles. The highest BCUT2D eigenvalue weighted by Gasteiger charge is 2.18. The van der Waals surface area contributed by atoms with Gasteiger partial charge in [0.1, 0.15) is 6.10 Å². The molecule has 1 aromatic rings. The van der Waals surface area contributed by atoms with E-state index in [-0.39, 0.29) is 18.2 Å². The molecule has 3 rings (SSSR count). The number of carbonyl (C=O) groups is 1. The summed E-state index contributed by atoms with van der Waals surface area (Å²) >= 11 is 0. The van der Waals surface area contributed by atoms with E-state index in [1.54, 1.807) is 6.20 Å². The van der Waals surface area contributed by atoms with Gasteiger partial charge in [-0.05, 0) is 24.5 Å². The van der Waals surface area contributed by atoms with Crippen LogP contribution in [0.4, 0.5) is 4.79 Å². The summed E-state index contributed by atoms with van der Waals surface area (Å²) in [5, 5.41) is 5.81. The lowest BCUT2D eigenvalue weighted by Crippen LogP contribution is -2.40. The molecule has 1 atom stereocenters. The second-order valence-corrected chi connectivity index (χ2v) is 5.57. The Balaban J connectivity index is 1.46. The van der Waals surface area contributed by atoms with Crippen molar-refractivity contribution in [2.45, 2.75) is 38.0 Å². The van der Waals surface area contributed by atoms with Gasteiger partial charge in [0, 0.05) is 31.3 Å². The summed E-state index contributed by atoms with van der Waals surface area (Å²) in [4.78, 5) is 16.0. The topological polar surface area (TPSA) is 72.5 Å². The largest absolute Gasteiger partial charge is 0.472 e. The molecule has 0 spiro atoms. The highest BCUT2D eigenvalue weighted by atomic mass is 16.5. The molecule has 22 heavy (non-hydrogen) atoms. The molecule has 0 radical (unpaired) electrons. The maximum Gasteiger partial charge on any atom is 0.315 e.